The third-order valence-electron chi connectivity index (χ3n) is 3.62. The van der Waals surface area contributed by atoms with Gasteiger partial charge in [-0.3, -0.25) is 4.90 Å². The van der Waals surface area contributed by atoms with Crippen molar-refractivity contribution in [3.05, 3.63) is 65.4 Å². The summed E-state index contributed by atoms with van der Waals surface area (Å²) in [6, 6.07) is 6.29. The first kappa shape index (κ1) is 16.7. The molecule has 25 heavy (non-hydrogen) atoms. The third-order valence-corrected chi connectivity index (χ3v) is 3.62. The molecule has 1 aromatic carbocycles. The van der Waals surface area contributed by atoms with E-state index in [1.54, 1.807) is 19.2 Å². The molecule has 1 N–H and O–H groups in total. The number of benzene rings is 1. The summed E-state index contributed by atoms with van der Waals surface area (Å²) in [6.07, 6.45) is 0.362. The van der Waals surface area contributed by atoms with Crippen LogP contribution in [0.4, 0.5) is 4.39 Å². The van der Waals surface area contributed by atoms with Crippen molar-refractivity contribution in [2.75, 3.05) is 13.7 Å². The number of aliphatic imine (C=N–C) groups is 1. The van der Waals surface area contributed by atoms with E-state index in [1.165, 1.54) is 17.0 Å². The number of rotatable bonds is 4. The van der Waals surface area contributed by atoms with Crippen molar-refractivity contribution in [2.24, 2.45) is 4.99 Å². The Morgan fingerprint density at radius 3 is 2.72 bits per heavy atom. The first-order chi connectivity index (χ1) is 12.0. The fourth-order valence-corrected chi connectivity index (χ4v) is 2.25. The maximum Gasteiger partial charge on any atom is 0.297 e. The molecule has 0 aliphatic carbocycles. The molecule has 1 aromatic heterocycles. The average Bonchev–Trinajstić information content (AvgIpc) is 3.06. The van der Waals surface area contributed by atoms with Crippen LogP contribution >= 0.6 is 0 Å². The van der Waals surface area contributed by atoms with Gasteiger partial charge in [0.2, 0.25) is 0 Å². The van der Waals surface area contributed by atoms with Crippen LogP contribution in [-0.4, -0.2) is 39.8 Å². The van der Waals surface area contributed by atoms with Gasteiger partial charge in [-0.25, -0.2) is 4.39 Å². The molecule has 0 saturated heterocycles. The maximum absolute atomic E-state index is 13.0. The minimum Gasteiger partial charge on any atom is -0.504 e. The van der Waals surface area contributed by atoms with Crippen LogP contribution in [-0.2, 0) is 11.2 Å². The minimum absolute atomic E-state index is 0.0565. The predicted molar refractivity (Wildman–Crippen MR) is 89.0 cm³/mol. The standard InChI is InChI=1S/C17H17FN4O3/c1-4-24-17-20-14(15(23)10(2)22(17)3)16-19-13(21-25-16)9-11-5-7-12(18)8-6-11/h5-8,23H,2,4,9H2,1,3H3. The molecule has 0 atom stereocenters. The molecule has 3 rings (SSSR count). The minimum atomic E-state index is -0.310. The number of hydrogen-bond donors (Lipinski definition) is 1. The molecule has 2 aromatic rings. The zero-order chi connectivity index (χ0) is 18.0. The summed E-state index contributed by atoms with van der Waals surface area (Å²) >= 11 is 0. The number of halogens is 1. The Kier molecular flexibility index (Phi) is 4.51. The van der Waals surface area contributed by atoms with Crippen LogP contribution in [0.3, 0.4) is 0 Å². The molecule has 7 nitrogen and oxygen atoms in total. The van der Waals surface area contributed by atoms with E-state index in [1.807, 2.05) is 6.92 Å². The Labute approximate surface area is 143 Å². The van der Waals surface area contributed by atoms with Gasteiger partial charge in [0.1, 0.15) is 5.82 Å². The van der Waals surface area contributed by atoms with Crippen LogP contribution in [0, 0.1) is 5.82 Å². The summed E-state index contributed by atoms with van der Waals surface area (Å²) in [4.78, 5) is 10.00. The quantitative estimate of drug-likeness (QED) is 0.918. The van der Waals surface area contributed by atoms with Crippen LogP contribution in [0.2, 0.25) is 0 Å². The van der Waals surface area contributed by atoms with Gasteiger partial charge in [0.15, 0.2) is 17.3 Å². The lowest BCUT2D eigenvalue weighted by Gasteiger charge is -2.26. The lowest BCUT2D eigenvalue weighted by atomic mass is 10.1. The zero-order valence-corrected chi connectivity index (χ0v) is 13.9. The number of aliphatic hydroxyl groups excluding tert-OH is 1. The smallest absolute Gasteiger partial charge is 0.297 e. The van der Waals surface area contributed by atoms with E-state index in [-0.39, 0.29) is 29.2 Å². The van der Waals surface area contributed by atoms with Crippen molar-refractivity contribution >= 4 is 11.7 Å². The number of hydrogen-bond acceptors (Lipinski definition) is 7. The molecule has 0 amide bonds. The number of ether oxygens (including phenoxy) is 1. The van der Waals surface area contributed by atoms with Gasteiger partial charge in [-0.05, 0) is 24.6 Å². The van der Waals surface area contributed by atoms with Gasteiger partial charge >= 0.3 is 0 Å². The van der Waals surface area contributed by atoms with Gasteiger partial charge in [0.05, 0.1) is 12.3 Å². The van der Waals surface area contributed by atoms with Gasteiger partial charge < -0.3 is 14.4 Å². The van der Waals surface area contributed by atoms with Gasteiger partial charge in [0.25, 0.3) is 11.9 Å². The summed E-state index contributed by atoms with van der Waals surface area (Å²) in [7, 11) is 1.68. The highest BCUT2D eigenvalue weighted by atomic mass is 19.1. The van der Waals surface area contributed by atoms with E-state index in [4.69, 9.17) is 9.26 Å². The van der Waals surface area contributed by atoms with Crippen molar-refractivity contribution in [2.45, 2.75) is 13.3 Å². The Bertz CT molecular complexity index is 855. The molecule has 0 fully saturated rings. The normalized spacial score (nSPS) is 14.8. The molecular weight excluding hydrogens is 327 g/mol. The molecule has 1 aliphatic rings. The molecule has 130 valence electrons. The summed E-state index contributed by atoms with van der Waals surface area (Å²) in [5.74, 6) is -0.0288. The second kappa shape index (κ2) is 6.76. The highest BCUT2D eigenvalue weighted by Gasteiger charge is 2.28. The molecular formula is C17H17FN4O3. The summed E-state index contributed by atoms with van der Waals surface area (Å²) in [6.45, 7) is 6.03. The summed E-state index contributed by atoms with van der Waals surface area (Å²) in [5.41, 5.74) is 1.24. The molecule has 0 saturated carbocycles. The topological polar surface area (TPSA) is 84.0 Å². The SMILES string of the molecule is C=C1C(O)=C(c2nc(Cc3ccc(F)cc3)no2)N=C(OCC)N1C. The van der Waals surface area contributed by atoms with Crippen LogP contribution in [0.5, 0.6) is 0 Å². The van der Waals surface area contributed by atoms with Gasteiger partial charge in [-0.2, -0.15) is 9.98 Å². The Morgan fingerprint density at radius 2 is 2.04 bits per heavy atom. The van der Waals surface area contributed by atoms with Gasteiger partial charge in [0, 0.05) is 13.5 Å². The zero-order valence-electron chi connectivity index (χ0n) is 13.9. The van der Waals surface area contributed by atoms with Crippen molar-refractivity contribution in [1.29, 1.82) is 0 Å². The van der Waals surface area contributed by atoms with Crippen LogP contribution < -0.4 is 0 Å². The van der Waals surface area contributed by atoms with Crippen LogP contribution in [0.1, 0.15) is 24.2 Å². The number of amidine groups is 1. The Morgan fingerprint density at radius 1 is 1.32 bits per heavy atom. The molecule has 0 bridgehead atoms. The number of likely N-dealkylation sites (N-methyl/N-ethyl adjacent to an activating group) is 1. The van der Waals surface area contributed by atoms with E-state index in [0.717, 1.165) is 5.56 Å². The molecule has 1 aliphatic heterocycles. The lowest BCUT2D eigenvalue weighted by molar-refractivity contribution is 0.266. The first-order valence-corrected chi connectivity index (χ1v) is 7.64. The van der Waals surface area contributed by atoms with Crippen molar-refractivity contribution < 1.29 is 18.8 Å². The van der Waals surface area contributed by atoms with Crippen LogP contribution in [0.15, 0.2) is 51.8 Å². The Balaban J connectivity index is 1.87. The van der Waals surface area contributed by atoms with Crippen LogP contribution in [0.25, 0.3) is 5.70 Å². The largest absolute Gasteiger partial charge is 0.504 e. The van der Waals surface area contributed by atoms with Crippen molar-refractivity contribution in [1.82, 2.24) is 15.0 Å². The lowest BCUT2D eigenvalue weighted by Crippen LogP contribution is -2.32. The summed E-state index contributed by atoms with van der Waals surface area (Å²) in [5, 5.41) is 14.2. The van der Waals surface area contributed by atoms with E-state index < -0.39 is 0 Å². The Hall–Kier alpha value is -3.16. The number of aromatic nitrogens is 2. The summed E-state index contributed by atoms with van der Waals surface area (Å²) < 4.78 is 23.6. The molecule has 0 spiro atoms. The molecule has 2 heterocycles. The van der Waals surface area contributed by atoms with E-state index >= 15 is 0 Å². The highest BCUT2D eigenvalue weighted by Crippen LogP contribution is 2.28. The van der Waals surface area contributed by atoms with Gasteiger partial charge in [-0.15, -0.1) is 0 Å². The second-order valence-electron chi connectivity index (χ2n) is 5.35. The highest BCUT2D eigenvalue weighted by molar-refractivity contribution is 5.87. The molecule has 8 heteroatoms. The predicted octanol–water partition coefficient (Wildman–Crippen LogP) is 2.88. The van der Waals surface area contributed by atoms with Crippen molar-refractivity contribution in [3.63, 3.8) is 0 Å². The fraction of sp³-hybridized carbons (Fsp3) is 0.235. The van der Waals surface area contributed by atoms with E-state index in [9.17, 15) is 9.50 Å². The average molecular weight is 344 g/mol. The molecule has 0 unspecified atom stereocenters. The maximum atomic E-state index is 13.0. The third kappa shape index (κ3) is 3.37. The van der Waals surface area contributed by atoms with E-state index in [2.05, 4.69) is 21.7 Å². The fourth-order valence-electron chi connectivity index (χ4n) is 2.25. The van der Waals surface area contributed by atoms with Crippen molar-refractivity contribution in [3.8, 4) is 0 Å². The monoisotopic (exact) mass is 344 g/mol. The number of nitrogens with zero attached hydrogens (tertiary/aromatic N) is 4. The number of aliphatic hydroxyl groups is 1. The first-order valence-electron chi connectivity index (χ1n) is 7.64. The second-order valence-corrected chi connectivity index (χ2v) is 5.35. The van der Waals surface area contributed by atoms with E-state index in [0.29, 0.717) is 24.5 Å². The molecule has 0 radical (unpaired) electrons. The van der Waals surface area contributed by atoms with Gasteiger partial charge in [-0.1, -0.05) is 23.9 Å².